The number of rotatable bonds is 6. The van der Waals surface area contributed by atoms with Crippen molar-refractivity contribution >= 4 is 17.4 Å². The van der Waals surface area contributed by atoms with E-state index >= 15 is 0 Å². The van der Waals surface area contributed by atoms with Crippen molar-refractivity contribution in [3.8, 4) is 11.4 Å². The molecule has 0 spiro atoms. The first-order valence-corrected chi connectivity index (χ1v) is 9.85. The second-order valence-corrected chi connectivity index (χ2v) is 7.16. The van der Waals surface area contributed by atoms with Gasteiger partial charge in [0.15, 0.2) is 5.82 Å². The van der Waals surface area contributed by atoms with Crippen molar-refractivity contribution in [2.24, 2.45) is 0 Å². The van der Waals surface area contributed by atoms with Gasteiger partial charge in [0.1, 0.15) is 11.5 Å². The number of ether oxygens (including phenoxy) is 1. The van der Waals surface area contributed by atoms with Gasteiger partial charge in [0, 0.05) is 30.5 Å². The number of aryl methyl sites for hydroxylation is 1. The van der Waals surface area contributed by atoms with Gasteiger partial charge in [-0.25, -0.2) is 9.97 Å². The normalized spacial score (nSPS) is 15.8. The highest BCUT2D eigenvalue weighted by Crippen LogP contribution is 2.21. The quantitative estimate of drug-likeness (QED) is 0.665. The third-order valence-corrected chi connectivity index (χ3v) is 4.83. The van der Waals surface area contributed by atoms with Gasteiger partial charge in [-0.2, -0.15) is 0 Å². The number of benzene rings is 2. The highest BCUT2D eigenvalue weighted by atomic mass is 16.5. The monoisotopic (exact) mass is 388 g/mol. The van der Waals surface area contributed by atoms with Crippen LogP contribution in [0.2, 0.25) is 0 Å². The van der Waals surface area contributed by atoms with Gasteiger partial charge in [0.25, 0.3) is 5.91 Å². The summed E-state index contributed by atoms with van der Waals surface area (Å²) in [5.41, 5.74) is 3.26. The molecule has 0 aliphatic carbocycles. The number of amides is 1. The second kappa shape index (κ2) is 8.84. The molecule has 0 radical (unpaired) electrons. The van der Waals surface area contributed by atoms with Crippen molar-refractivity contribution in [1.29, 1.82) is 0 Å². The van der Waals surface area contributed by atoms with E-state index in [2.05, 4.69) is 20.6 Å². The predicted molar refractivity (Wildman–Crippen MR) is 113 cm³/mol. The zero-order chi connectivity index (χ0) is 20.1. The fourth-order valence-electron chi connectivity index (χ4n) is 3.23. The summed E-state index contributed by atoms with van der Waals surface area (Å²) in [6.45, 7) is 3.29. The Bertz CT molecular complexity index is 968. The summed E-state index contributed by atoms with van der Waals surface area (Å²) in [5, 5.41) is 6.21. The fraction of sp³-hybridized carbons (Fsp3) is 0.261. The van der Waals surface area contributed by atoms with E-state index in [4.69, 9.17) is 4.74 Å². The summed E-state index contributed by atoms with van der Waals surface area (Å²) < 4.78 is 5.58. The maximum atomic E-state index is 12.7. The molecule has 1 aliphatic heterocycles. The summed E-state index contributed by atoms with van der Waals surface area (Å²) >= 11 is 0. The summed E-state index contributed by atoms with van der Waals surface area (Å²) in [6.07, 6.45) is 2.09. The van der Waals surface area contributed by atoms with Crippen molar-refractivity contribution < 1.29 is 9.53 Å². The number of hydrogen-bond donors (Lipinski definition) is 2. The van der Waals surface area contributed by atoms with Crippen LogP contribution in [0, 0.1) is 6.92 Å². The lowest BCUT2D eigenvalue weighted by molar-refractivity contribution is 0.0853. The van der Waals surface area contributed by atoms with Gasteiger partial charge in [-0.05, 0) is 31.9 Å². The summed E-state index contributed by atoms with van der Waals surface area (Å²) in [6, 6.07) is 19.3. The van der Waals surface area contributed by atoms with Crippen molar-refractivity contribution in [1.82, 2.24) is 15.3 Å². The molecule has 29 heavy (non-hydrogen) atoms. The lowest BCUT2D eigenvalue weighted by Crippen LogP contribution is -2.32. The van der Waals surface area contributed by atoms with Crippen LogP contribution in [0.1, 0.15) is 28.9 Å². The van der Waals surface area contributed by atoms with Crippen LogP contribution in [0.5, 0.6) is 0 Å². The average Bonchev–Trinajstić information content (AvgIpc) is 3.28. The Kier molecular flexibility index (Phi) is 5.81. The number of carbonyl (C=O) groups is 1. The molecule has 2 heterocycles. The highest BCUT2D eigenvalue weighted by Gasteiger charge is 2.18. The molecule has 1 fully saturated rings. The third-order valence-electron chi connectivity index (χ3n) is 4.83. The maximum Gasteiger partial charge on any atom is 0.270 e. The zero-order valence-corrected chi connectivity index (χ0v) is 16.4. The second-order valence-electron chi connectivity index (χ2n) is 7.16. The van der Waals surface area contributed by atoms with Crippen molar-refractivity contribution in [3.63, 3.8) is 0 Å². The number of anilines is 2. The van der Waals surface area contributed by atoms with E-state index in [1.165, 1.54) is 5.56 Å². The van der Waals surface area contributed by atoms with Crippen LogP contribution in [-0.4, -0.2) is 35.1 Å². The minimum atomic E-state index is -0.230. The van der Waals surface area contributed by atoms with Crippen LogP contribution in [0.4, 0.5) is 11.5 Å². The molecule has 6 heteroatoms. The SMILES string of the molecule is Cc1ccc(Nc2cc(C(=O)NCC3CCCO3)nc(-c3ccccc3)n2)cc1. The highest BCUT2D eigenvalue weighted by molar-refractivity contribution is 5.93. The maximum absolute atomic E-state index is 12.7. The lowest BCUT2D eigenvalue weighted by atomic mass is 10.2. The topological polar surface area (TPSA) is 76.1 Å². The van der Waals surface area contributed by atoms with Crippen LogP contribution >= 0.6 is 0 Å². The third kappa shape index (κ3) is 4.97. The molecular weight excluding hydrogens is 364 g/mol. The Labute approximate surface area is 170 Å². The van der Waals surface area contributed by atoms with Gasteiger partial charge in [-0.15, -0.1) is 0 Å². The number of nitrogens with one attached hydrogen (secondary N) is 2. The summed E-state index contributed by atoms with van der Waals surface area (Å²) in [4.78, 5) is 21.9. The van der Waals surface area contributed by atoms with E-state index < -0.39 is 0 Å². The van der Waals surface area contributed by atoms with E-state index in [0.717, 1.165) is 30.7 Å². The Morgan fingerprint density at radius 2 is 1.90 bits per heavy atom. The zero-order valence-electron chi connectivity index (χ0n) is 16.4. The van der Waals surface area contributed by atoms with E-state index in [-0.39, 0.29) is 12.0 Å². The van der Waals surface area contributed by atoms with Crippen LogP contribution < -0.4 is 10.6 Å². The first kappa shape index (κ1) is 19.1. The molecule has 0 saturated carbocycles. The smallest absolute Gasteiger partial charge is 0.270 e. The van der Waals surface area contributed by atoms with E-state index in [1.807, 2.05) is 61.5 Å². The first-order valence-electron chi connectivity index (χ1n) is 9.85. The van der Waals surface area contributed by atoms with Gasteiger partial charge in [-0.3, -0.25) is 4.79 Å². The molecule has 1 aliphatic rings. The van der Waals surface area contributed by atoms with Crippen molar-refractivity contribution in [2.45, 2.75) is 25.9 Å². The molecular formula is C23H24N4O2. The molecule has 1 aromatic heterocycles. The molecule has 1 amide bonds. The molecule has 1 unspecified atom stereocenters. The van der Waals surface area contributed by atoms with Crippen LogP contribution in [0.25, 0.3) is 11.4 Å². The van der Waals surface area contributed by atoms with Gasteiger partial charge in [0.05, 0.1) is 6.10 Å². The van der Waals surface area contributed by atoms with Gasteiger partial charge in [0.2, 0.25) is 0 Å². The average molecular weight is 388 g/mol. The first-order chi connectivity index (χ1) is 14.2. The number of nitrogens with zero attached hydrogens (tertiary/aromatic N) is 2. The Balaban J connectivity index is 1.60. The molecule has 1 atom stereocenters. The molecule has 6 nitrogen and oxygen atoms in total. The summed E-state index contributed by atoms with van der Waals surface area (Å²) in [5.74, 6) is 0.849. The number of hydrogen-bond acceptors (Lipinski definition) is 5. The Hall–Kier alpha value is -3.25. The molecule has 3 aromatic rings. The van der Waals surface area contributed by atoms with Crippen LogP contribution in [0.3, 0.4) is 0 Å². The Morgan fingerprint density at radius 1 is 1.10 bits per heavy atom. The van der Waals surface area contributed by atoms with E-state index in [9.17, 15) is 4.79 Å². The van der Waals surface area contributed by atoms with Crippen LogP contribution in [0.15, 0.2) is 60.7 Å². The van der Waals surface area contributed by atoms with Gasteiger partial charge < -0.3 is 15.4 Å². The van der Waals surface area contributed by atoms with Crippen molar-refractivity contribution in [2.75, 3.05) is 18.5 Å². The molecule has 148 valence electrons. The number of carbonyl (C=O) groups excluding carboxylic acids is 1. The minimum absolute atomic E-state index is 0.0829. The predicted octanol–water partition coefficient (Wildman–Crippen LogP) is 4.10. The molecule has 1 saturated heterocycles. The minimum Gasteiger partial charge on any atom is -0.376 e. The van der Waals surface area contributed by atoms with Crippen LogP contribution in [-0.2, 0) is 4.74 Å². The lowest BCUT2D eigenvalue weighted by Gasteiger charge is -2.13. The summed E-state index contributed by atoms with van der Waals surface area (Å²) in [7, 11) is 0. The molecule has 4 rings (SSSR count). The Morgan fingerprint density at radius 3 is 2.62 bits per heavy atom. The fourth-order valence-corrected chi connectivity index (χ4v) is 3.23. The van der Waals surface area contributed by atoms with E-state index in [0.29, 0.717) is 23.9 Å². The molecule has 2 aromatic carbocycles. The largest absolute Gasteiger partial charge is 0.376 e. The standard InChI is InChI=1S/C23H24N4O2/c1-16-9-11-18(12-10-16)25-21-14-20(23(28)24-15-19-8-5-13-29-19)26-22(27-21)17-6-3-2-4-7-17/h2-4,6-7,9-12,14,19H,5,8,13,15H2,1H3,(H,24,28)(H,25,26,27). The molecule has 2 N–H and O–H groups in total. The number of aromatic nitrogens is 2. The van der Waals surface area contributed by atoms with Crippen molar-refractivity contribution in [3.05, 3.63) is 71.9 Å². The molecule has 0 bridgehead atoms. The van der Waals surface area contributed by atoms with Gasteiger partial charge in [-0.1, -0.05) is 48.0 Å². The van der Waals surface area contributed by atoms with E-state index in [1.54, 1.807) is 6.07 Å². The van der Waals surface area contributed by atoms with Gasteiger partial charge >= 0.3 is 0 Å².